The molecule has 5 N–H and O–H groups in total. The lowest BCUT2D eigenvalue weighted by Gasteiger charge is -2.53. The van der Waals surface area contributed by atoms with Crippen LogP contribution in [0.4, 0.5) is 0 Å². The Kier molecular flexibility index (Phi) is 12.1. The van der Waals surface area contributed by atoms with Crippen LogP contribution in [0.3, 0.4) is 0 Å². The van der Waals surface area contributed by atoms with Gasteiger partial charge >= 0.3 is 0 Å². The predicted octanol–water partition coefficient (Wildman–Crippen LogP) is 3.02. The van der Waals surface area contributed by atoms with Gasteiger partial charge in [0.15, 0.2) is 5.79 Å². The fourth-order valence-electron chi connectivity index (χ4n) is 4.22. The van der Waals surface area contributed by atoms with Crippen molar-refractivity contribution < 1.29 is 30.3 Å². The molecule has 0 aromatic rings. The Morgan fingerprint density at radius 1 is 0.714 bits per heavy atom. The zero-order valence-electron chi connectivity index (χ0n) is 18.0. The molecule has 0 aliphatic carbocycles. The topological polar surface area (TPSA) is 110 Å². The van der Waals surface area contributed by atoms with Crippen molar-refractivity contribution in [2.45, 2.75) is 133 Å². The molecule has 0 amide bonds. The highest BCUT2D eigenvalue weighted by atomic mass is 16.7. The number of unbranched alkanes of at least 4 members (excludes halogenated alkanes) is 10. The molecule has 6 heteroatoms. The normalized spacial score (nSPS) is 33.3. The van der Waals surface area contributed by atoms with Crippen molar-refractivity contribution in [2.24, 2.45) is 0 Å². The third kappa shape index (κ3) is 6.92. The van der Waals surface area contributed by atoms with Crippen LogP contribution in [0, 0.1) is 0 Å². The van der Waals surface area contributed by atoms with E-state index in [0.29, 0.717) is 12.8 Å². The predicted molar refractivity (Wildman–Crippen MR) is 110 cm³/mol. The molecule has 6 nitrogen and oxygen atoms in total. The molecule has 0 spiro atoms. The summed E-state index contributed by atoms with van der Waals surface area (Å²) in [6.45, 7) is 3.78. The smallest absolute Gasteiger partial charge is 0.198 e. The van der Waals surface area contributed by atoms with E-state index in [1.54, 1.807) is 0 Å². The van der Waals surface area contributed by atoms with E-state index in [1.807, 2.05) is 0 Å². The third-order valence-electron chi connectivity index (χ3n) is 6.18. The summed E-state index contributed by atoms with van der Waals surface area (Å²) >= 11 is 0. The summed E-state index contributed by atoms with van der Waals surface area (Å²) in [7, 11) is 0. The molecule has 0 unspecified atom stereocenters. The lowest BCUT2D eigenvalue weighted by atomic mass is 9.74. The van der Waals surface area contributed by atoms with Crippen LogP contribution in [0.1, 0.15) is 104 Å². The average molecular weight is 405 g/mol. The van der Waals surface area contributed by atoms with Crippen LogP contribution in [0.5, 0.6) is 0 Å². The zero-order chi connectivity index (χ0) is 21.0. The molecule has 168 valence electrons. The highest BCUT2D eigenvalue weighted by molar-refractivity contribution is 5.07. The second-order valence-electron chi connectivity index (χ2n) is 8.52. The first-order valence-corrected chi connectivity index (χ1v) is 11.5. The van der Waals surface area contributed by atoms with E-state index in [4.69, 9.17) is 4.74 Å². The number of hydrogen-bond donors (Lipinski definition) is 5. The van der Waals surface area contributed by atoms with E-state index >= 15 is 0 Å². The number of rotatable bonds is 15. The number of aliphatic hydroxyl groups excluding tert-OH is 3. The van der Waals surface area contributed by atoms with Crippen LogP contribution >= 0.6 is 0 Å². The molecule has 0 saturated carbocycles. The van der Waals surface area contributed by atoms with Crippen molar-refractivity contribution in [3.63, 3.8) is 0 Å². The minimum absolute atomic E-state index is 0.155. The second-order valence-corrected chi connectivity index (χ2v) is 8.52. The standard InChI is InChI=1S/C22H44O6/c1-3-5-7-9-11-13-15-21(26)20(25)19(24)18(17-23)28-22(21,27)16-14-12-10-8-6-4-2/h18-20,23-27H,3-17H2,1-2H3/t18-,19-,20+,21-,22-/m1/s1. The first-order valence-electron chi connectivity index (χ1n) is 11.5. The van der Waals surface area contributed by atoms with Crippen molar-refractivity contribution in [3.05, 3.63) is 0 Å². The van der Waals surface area contributed by atoms with E-state index in [1.165, 1.54) is 12.8 Å². The maximum atomic E-state index is 11.2. The number of hydrogen-bond acceptors (Lipinski definition) is 6. The summed E-state index contributed by atoms with van der Waals surface area (Å²) < 4.78 is 5.59. The number of ether oxygens (including phenoxy) is 1. The second kappa shape index (κ2) is 13.1. The Bertz CT molecular complexity index is 406. The minimum Gasteiger partial charge on any atom is -0.394 e. The molecule has 1 rings (SSSR count). The van der Waals surface area contributed by atoms with Gasteiger partial charge in [-0.2, -0.15) is 0 Å². The monoisotopic (exact) mass is 404 g/mol. The molecular formula is C22H44O6. The van der Waals surface area contributed by atoms with Crippen LogP contribution in [0.25, 0.3) is 0 Å². The van der Waals surface area contributed by atoms with Crippen LogP contribution in [-0.4, -0.2) is 61.8 Å². The average Bonchev–Trinajstić information content (AvgIpc) is 2.69. The van der Waals surface area contributed by atoms with Crippen LogP contribution in [0.2, 0.25) is 0 Å². The largest absolute Gasteiger partial charge is 0.394 e. The van der Waals surface area contributed by atoms with Crippen molar-refractivity contribution in [3.8, 4) is 0 Å². The summed E-state index contributed by atoms with van der Waals surface area (Å²) in [4.78, 5) is 0. The molecule has 0 radical (unpaired) electrons. The Labute approximate surface area is 170 Å². The van der Waals surface area contributed by atoms with Gasteiger partial charge in [0, 0.05) is 6.42 Å². The summed E-state index contributed by atoms with van der Waals surface area (Å²) in [6.07, 6.45) is 8.35. The van der Waals surface area contributed by atoms with Gasteiger partial charge in [0.25, 0.3) is 0 Å². The van der Waals surface area contributed by atoms with Crippen molar-refractivity contribution in [2.75, 3.05) is 6.61 Å². The van der Waals surface area contributed by atoms with Gasteiger partial charge in [-0.3, -0.25) is 0 Å². The first-order chi connectivity index (χ1) is 13.4. The van der Waals surface area contributed by atoms with Crippen molar-refractivity contribution in [1.82, 2.24) is 0 Å². The summed E-state index contributed by atoms with van der Waals surface area (Å²) in [6, 6.07) is 0. The fraction of sp³-hybridized carbons (Fsp3) is 1.00. The van der Waals surface area contributed by atoms with E-state index < -0.39 is 36.3 Å². The van der Waals surface area contributed by atoms with Gasteiger partial charge in [0.2, 0.25) is 0 Å². The minimum atomic E-state index is -1.97. The molecule has 1 aliphatic heterocycles. The Morgan fingerprint density at radius 3 is 1.68 bits per heavy atom. The van der Waals surface area contributed by atoms with Crippen LogP contribution < -0.4 is 0 Å². The Morgan fingerprint density at radius 2 is 1.18 bits per heavy atom. The van der Waals surface area contributed by atoms with Crippen molar-refractivity contribution in [1.29, 1.82) is 0 Å². The molecule has 1 saturated heterocycles. The van der Waals surface area contributed by atoms with Gasteiger partial charge < -0.3 is 30.3 Å². The van der Waals surface area contributed by atoms with Gasteiger partial charge in [-0.05, 0) is 12.8 Å². The third-order valence-corrected chi connectivity index (χ3v) is 6.18. The molecule has 1 aliphatic rings. The molecular weight excluding hydrogens is 360 g/mol. The van der Waals surface area contributed by atoms with E-state index in [9.17, 15) is 25.5 Å². The van der Waals surface area contributed by atoms with Gasteiger partial charge in [-0.15, -0.1) is 0 Å². The SMILES string of the molecule is CCCCCCCC[C@@]1(O)O[C@H](CO)[C@@H](O)[C@H](O)[C@]1(O)CCCCCCCC. The Hall–Kier alpha value is -0.240. The first kappa shape index (κ1) is 25.8. The maximum Gasteiger partial charge on any atom is 0.198 e. The van der Waals surface area contributed by atoms with E-state index in [-0.39, 0.29) is 12.8 Å². The van der Waals surface area contributed by atoms with Gasteiger partial charge in [-0.1, -0.05) is 84.5 Å². The van der Waals surface area contributed by atoms with Crippen LogP contribution in [0.15, 0.2) is 0 Å². The zero-order valence-corrected chi connectivity index (χ0v) is 18.0. The van der Waals surface area contributed by atoms with Gasteiger partial charge in [0.1, 0.15) is 23.9 Å². The lowest BCUT2D eigenvalue weighted by Crippen LogP contribution is -2.73. The quantitative estimate of drug-likeness (QED) is 0.268. The van der Waals surface area contributed by atoms with E-state index in [2.05, 4.69) is 13.8 Å². The van der Waals surface area contributed by atoms with Gasteiger partial charge in [0.05, 0.1) is 6.61 Å². The summed E-state index contributed by atoms with van der Waals surface area (Å²) in [5.41, 5.74) is -1.94. The molecule has 0 aromatic carbocycles. The lowest BCUT2D eigenvalue weighted by molar-refractivity contribution is -0.392. The molecule has 1 fully saturated rings. The highest BCUT2D eigenvalue weighted by Crippen LogP contribution is 2.43. The van der Waals surface area contributed by atoms with E-state index in [0.717, 1.165) is 51.4 Å². The molecule has 1 heterocycles. The molecule has 0 aromatic heterocycles. The molecule has 0 bridgehead atoms. The number of aliphatic hydroxyl groups is 5. The Balaban J connectivity index is 2.71. The summed E-state index contributed by atoms with van der Waals surface area (Å²) in [5.74, 6) is -1.97. The fourth-order valence-corrected chi connectivity index (χ4v) is 4.22. The summed E-state index contributed by atoms with van der Waals surface area (Å²) in [5, 5.41) is 52.7. The molecule has 5 atom stereocenters. The maximum absolute atomic E-state index is 11.2. The highest BCUT2D eigenvalue weighted by Gasteiger charge is 2.62. The van der Waals surface area contributed by atoms with Crippen LogP contribution in [-0.2, 0) is 4.74 Å². The molecule has 28 heavy (non-hydrogen) atoms. The van der Waals surface area contributed by atoms with Gasteiger partial charge in [-0.25, -0.2) is 0 Å². The van der Waals surface area contributed by atoms with Crippen molar-refractivity contribution >= 4 is 0 Å².